The summed E-state index contributed by atoms with van der Waals surface area (Å²) in [6.45, 7) is 2.24. The van der Waals surface area contributed by atoms with E-state index in [0.29, 0.717) is 6.54 Å². The summed E-state index contributed by atoms with van der Waals surface area (Å²) in [4.78, 5) is 37.0. The summed E-state index contributed by atoms with van der Waals surface area (Å²) in [5.74, 6) is -0.704. The van der Waals surface area contributed by atoms with Gasteiger partial charge in [0, 0.05) is 44.5 Å². The molecular formula is C20H22N4O3. The number of fused-ring (bicyclic) bond motifs is 1. The van der Waals surface area contributed by atoms with Gasteiger partial charge in [-0.05, 0) is 24.0 Å². The monoisotopic (exact) mass is 366 g/mol. The number of carbonyl (C=O) groups excluding carboxylic acids is 1. The molecule has 0 bridgehead atoms. The molecule has 0 saturated carbocycles. The lowest BCUT2D eigenvalue weighted by Crippen LogP contribution is -2.46. The first-order valence-electron chi connectivity index (χ1n) is 9.24. The molecule has 4 rings (SSSR count). The van der Waals surface area contributed by atoms with E-state index in [2.05, 4.69) is 14.9 Å². The Morgan fingerprint density at radius 2 is 1.89 bits per heavy atom. The molecular weight excluding hydrogens is 344 g/mol. The van der Waals surface area contributed by atoms with E-state index in [4.69, 9.17) is 0 Å². The van der Waals surface area contributed by atoms with Crippen molar-refractivity contribution >= 4 is 17.7 Å². The van der Waals surface area contributed by atoms with Gasteiger partial charge in [-0.2, -0.15) is 0 Å². The lowest BCUT2D eigenvalue weighted by molar-refractivity contribution is -0.143. The second kappa shape index (κ2) is 7.34. The van der Waals surface area contributed by atoms with Crippen LogP contribution in [0, 0.1) is 5.92 Å². The van der Waals surface area contributed by atoms with Gasteiger partial charge in [-0.1, -0.05) is 24.3 Å². The lowest BCUT2D eigenvalue weighted by Gasteiger charge is -2.38. The van der Waals surface area contributed by atoms with Crippen molar-refractivity contribution in [3.05, 3.63) is 54.0 Å². The van der Waals surface area contributed by atoms with Gasteiger partial charge in [-0.3, -0.25) is 14.6 Å². The number of rotatable bonds is 3. The second-order valence-electron chi connectivity index (χ2n) is 7.13. The first-order valence-corrected chi connectivity index (χ1v) is 9.24. The fraction of sp³-hybridized carbons (Fsp3) is 0.400. The molecule has 0 radical (unpaired) electrons. The van der Waals surface area contributed by atoms with Crippen LogP contribution in [0.2, 0.25) is 0 Å². The van der Waals surface area contributed by atoms with Crippen molar-refractivity contribution in [1.82, 2.24) is 14.9 Å². The first-order chi connectivity index (χ1) is 13.1. The second-order valence-corrected chi connectivity index (χ2v) is 7.13. The van der Waals surface area contributed by atoms with Gasteiger partial charge < -0.3 is 14.9 Å². The van der Waals surface area contributed by atoms with Crippen LogP contribution in [0.1, 0.15) is 29.9 Å². The average Bonchev–Trinajstić information content (AvgIpc) is 2.73. The number of hydrogen-bond acceptors (Lipinski definition) is 5. The van der Waals surface area contributed by atoms with Gasteiger partial charge in [0.15, 0.2) is 0 Å². The van der Waals surface area contributed by atoms with Crippen molar-refractivity contribution in [3.63, 3.8) is 0 Å². The molecule has 1 unspecified atom stereocenters. The zero-order valence-corrected chi connectivity index (χ0v) is 15.0. The molecule has 1 atom stereocenters. The number of benzene rings is 1. The first kappa shape index (κ1) is 17.5. The molecule has 27 heavy (non-hydrogen) atoms. The Morgan fingerprint density at radius 1 is 1.11 bits per heavy atom. The smallest absolute Gasteiger partial charge is 0.312 e. The number of aromatic nitrogens is 2. The molecule has 7 nitrogen and oxygen atoms in total. The van der Waals surface area contributed by atoms with Crippen LogP contribution in [0.25, 0.3) is 0 Å². The largest absolute Gasteiger partial charge is 0.481 e. The third-order valence-electron chi connectivity index (χ3n) is 5.52. The Hall–Kier alpha value is -2.96. The highest BCUT2D eigenvalue weighted by atomic mass is 16.4. The van der Waals surface area contributed by atoms with Crippen molar-refractivity contribution in [2.75, 3.05) is 24.5 Å². The highest BCUT2D eigenvalue weighted by Gasteiger charge is 2.36. The van der Waals surface area contributed by atoms with Gasteiger partial charge in [0.1, 0.15) is 5.82 Å². The van der Waals surface area contributed by atoms with E-state index in [0.717, 1.165) is 42.9 Å². The van der Waals surface area contributed by atoms with Crippen molar-refractivity contribution in [3.8, 4) is 0 Å². The maximum absolute atomic E-state index is 13.1. The van der Waals surface area contributed by atoms with Gasteiger partial charge in [0.2, 0.25) is 5.91 Å². The Balaban J connectivity index is 1.44. The molecule has 0 aliphatic carbocycles. The Bertz CT molecular complexity index is 834. The Morgan fingerprint density at radius 3 is 2.59 bits per heavy atom. The summed E-state index contributed by atoms with van der Waals surface area (Å²) in [6, 6.07) is 7.52. The SMILES string of the molecule is O=C(O)C1CN(C(=O)C2CCN(c3cnccn3)CC2)Cc2ccccc21. The molecule has 1 N–H and O–H groups in total. The molecule has 0 spiro atoms. The predicted octanol–water partition coefficient (Wildman–Crippen LogP) is 1.90. The van der Waals surface area contributed by atoms with E-state index in [9.17, 15) is 14.7 Å². The van der Waals surface area contributed by atoms with Crippen LogP contribution >= 0.6 is 0 Å². The zero-order chi connectivity index (χ0) is 18.8. The van der Waals surface area contributed by atoms with Crippen molar-refractivity contribution in [1.29, 1.82) is 0 Å². The summed E-state index contributed by atoms with van der Waals surface area (Å²) in [6.07, 6.45) is 6.54. The molecule has 2 aliphatic heterocycles. The molecule has 1 amide bonds. The van der Waals surface area contributed by atoms with E-state index in [-0.39, 0.29) is 18.4 Å². The van der Waals surface area contributed by atoms with Crippen LogP contribution in [-0.4, -0.2) is 51.5 Å². The number of piperidine rings is 1. The van der Waals surface area contributed by atoms with E-state index in [1.165, 1.54) is 0 Å². The van der Waals surface area contributed by atoms with Crippen molar-refractivity contribution in [2.45, 2.75) is 25.3 Å². The van der Waals surface area contributed by atoms with Crippen LogP contribution in [0.5, 0.6) is 0 Å². The summed E-state index contributed by atoms with van der Waals surface area (Å²) in [5, 5.41) is 9.60. The molecule has 7 heteroatoms. The molecule has 3 heterocycles. The van der Waals surface area contributed by atoms with Crippen LogP contribution in [0.3, 0.4) is 0 Å². The van der Waals surface area contributed by atoms with Crippen molar-refractivity contribution < 1.29 is 14.7 Å². The minimum absolute atomic E-state index is 0.0644. The predicted molar refractivity (Wildman–Crippen MR) is 99.2 cm³/mol. The zero-order valence-electron chi connectivity index (χ0n) is 15.0. The number of anilines is 1. The minimum atomic E-state index is -0.877. The number of aliphatic carboxylic acids is 1. The molecule has 1 fully saturated rings. The quantitative estimate of drug-likeness (QED) is 0.893. The lowest BCUT2D eigenvalue weighted by atomic mass is 9.88. The van der Waals surface area contributed by atoms with Gasteiger partial charge in [-0.15, -0.1) is 0 Å². The van der Waals surface area contributed by atoms with Crippen LogP contribution < -0.4 is 4.90 Å². The van der Waals surface area contributed by atoms with Gasteiger partial charge in [0.05, 0.1) is 12.1 Å². The summed E-state index contributed by atoms with van der Waals surface area (Å²) in [7, 11) is 0. The number of nitrogens with zero attached hydrogens (tertiary/aromatic N) is 4. The van der Waals surface area contributed by atoms with E-state index in [1.807, 2.05) is 24.3 Å². The Labute approximate surface area is 157 Å². The van der Waals surface area contributed by atoms with E-state index < -0.39 is 11.9 Å². The van der Waals surface area contributed by atoms with Crippen molar-refractivity contribution in [2.24, 2.45) is 5.92 Å². The fourth-order valence-corrected chi connectivity index (χ4v) is 4.05. The fourth-order valence-electron chi connectivity index (χ4n) is 4.05. The van der Waals surface area contributed by atoms with E-state index >= 15 is 0 Å². The van der Waals surface area contributed by atoms with E-state index in [1.54, 1.807) is 23.5 Å². The summed E-state index contributed by atoms with van der Waals surface area (Å²) < 4.78 is 0. The van der Waals surface area contributed by atoms with Gasteiger partial charge in [0.25, 0.3) is 0 Å². The highest BCUT2D eigenvalue weighted by Crippen LogP contribution is 2.31. The Kier molecular flexibility index (Phi) is 4.75. The molecule has 1 saturated heterocycles. The third-order valence-corrected chi connectivity index (χ3v) is 5.52. The number of amides is 1. The van der Waals surface area contributed by atoms with Crippen LogP contribution in [-0.2, 0) is 16.1 Å². The average molecular weight is 366 g/mol. The maximum Gasteiger partial charge on any atom is 0.312 e. The highest BCUT2D eigenvalue weighted by molar-refractivity contribution is 5.83. The molecule has 2 aromatic rings. The van der Waals surface area contributed by atoms with Gasteiger partial charge in [-0.25, -0.2) is 4.98 Å². The number of carboxylic acids is 1. The number of carboxylic acid groups (broad SMARTS) is 1. The molecule has 1 aromatic carbocycles. The molecule has 140 valence electrons. The molecule has 1 aromatic heterocycles. The third kappa shape index (κ3) is 3.49. The number of carbonyl (C=O) groups is 2. The van der Waals surface area contributed by atoms with Crippen LogP contribution in [0.15, 0.2) is 42.9 Å². The molecule has 2 aliphatic rings. The minimum Gasteiger partial charge on any atom is -0.481 e. The summed E-state index contributed by atoms with van der Waals surface area (Å²) in [5.41, 5.74) is 1.76. The standard InChI is InChI=1S/C20H22N4O3/c25-19(14-5-9-23(10-6-14)18-11-21-7-8-22-18)24-12-15-3-1-2-4-16(15)17(13-24)20(26)27/h1-4,7-8,11,14,17H,5-6,9-10,12-13H2,(H,26,27). The number of hydrogen-bond donors (Lipinski definition) is 1. The topological polar surface area (TPSA) is 86.6 Å². The summed E-state index contributed by atoms with van der Waals surface area (Å²) >= 11 is 0. The normalized spacial score (nSPS) is 20.2. The van der Waals surface area contributed by atoms with Crippen LogP contribution in [0.4, 0.5) is 5.82 Å². The maximum atomic E-state index is 13.1. The van der Waals surface area contributed by atoms with Gasteiger partial charge >= 0.3 is 5.97 Å².